The summed E-state index contributed by atoms with van der Waals surface area (Å²) < 4.78 is 11.4. The van der Waals surface area contributed by atoms with Gasteiger partial charge in [-0.15, -0.1) is 0 Å². The number of unbranched alkanes of at least 4 members (excludes halogenated alkanes) is 4. The molecule has 0 saturated heterocycles. The van der Waals surface area contributed by atoms with Gasteiger partial charge in [-0.3, -0.25) is 0 Å². The molecule has 1 N–H and O–H groups in total. The van der Waals surface area contributed by atoms with E-state index in [4.69, 9.17) is 9.47 Å². The van der Waals surface area contributed by atoms with Gasteiger partial charge < -0.3 is 14.6 Å². The number of hydrogen-bond acceptors (Lipinski definition) is 3. The second-order valence-corrected chi connectivity index (χ2v) is 5.43. The molecule has 0 atom stereocenters. The van der Waals surface area contributed by atoms with Crippen LogP contribution in [0.5, 0.6) is 5.75 Å². The van der Waals surface area contributed by atoms with E-state index in [9.17, 15) is 5.11 Å². The van der Waals surface area contributed by atoms with Gasteiger partial charge in [-0.05, 0) is 24.5 Å². The fraction of sp³-hybridized carbons (Fsp3) is 0.667. The molecule has 3 nitrogen and oxygen atoms in total. The van der Waals surface area contributed by atoms with E-state index in [1.807, 2.05) is 12.1 Å². The number of phenolic OH excluding ortho intramolecular Hbond substituents is 1. The molecule has 1 rings (SSSR count). The van der Waals surface area contributed by atoms with Gasteiger partial charge in [0.1, 0.15) is 5.75 Å². The van der Waals surface area contributed by atoms with Gasteiger partial charge >= 0.3 is 0 Å². The Morgan fingerprint density at radius 3 is 2.10 bits per heavy atom. The molecule has 21 heavy (non-hydrogen) atoms. The van der Waals surface area contributed by atoms with Crippen LogP contribution in [-0.4, -0.2) is 18.3 Å². The van der Waals surface area contributed by atoms with Crippen LogP contribution in [-0.2, 0) is 22.7 Å². The van der Waals surface area contributed by atoms with Crippen LogP contribution >= 0.6 is 0 Å². The molecular weight excluding hydrogens is 264 g/mol. The van der Waals surface area contributed by atoms with Crippen LogP contribution in [0.2, 0.25) is 0 Å². The Kier molecular flexibility index (Phi) is 9.92. The number of benzene rings is 1. The molecule has 120 valence electrons. The predicted molar refractivity (Wildman–Crippen MR) is 86.5 cm³/mol. The van der Waals surface area contributed by atoms with Gasteiger partial charge in [-0.2, -0.15) is 0 Å². The highest BCUT2D eigenvalue weighted by Gasteiger charge is 2.08. The van der Waals surface area contributed by atoms with E-state index in [0.29, 0.717) is 19.0 Å². The molecule has 0 bridgehead atoms. The Morgan fingerprint density at radius 1 is 0.857 bits per heavy atom. The van der Waals surface area contributed by atoms with Crippen molar-refractivity contribution in [2.45, 2.75) is 65.6 Å². The van der Waals surface area contributed by atoms with Gasteiger partial charge in [-0.1, -0.05) is 51.7 Å². The van der Waals surface area contributed by atoms with Gasteiger partial charge in [0.2, 0.25) is 0 Å². The lowest BCUT2D eigenvalue weighted by molar-refractivity contribution is 0.102. The fourth-order valence-corrected chi connectivity index (χ4v) is 2.19. The van der Waals surface area contributed by atoms with Crippen LogP contribution in [0.15, 0.2) is 18.2 Å². The molecule has 1 aromatic rings. The van der Waals surface area contributed by atoms with Crippen molar-refractivity contribution in [2.24, 2.45) is 0 Å². The number of hydrogen-bond donors (Lipinski definition) is 1. The number of rotatable bonds is 12. The van der Waals surface area contributed by atoms with Crippen LogP contribution < -0.4 is 0 Å². The minimum atomic E-state index is 0.306. The van der Waals surface area contributed by atoms with E-state index in [-0.39, 0.29) is 0 Å². The molecule has 0 amide bonds. The Morgan fingerprint density at radius 2 is 1.48 bits per heavy atom. The van der Waals surface area contributed by atoms with Gasteiger partial charge in [0.15, 0.2) is 0 Å². The summed E-state index contributed by atoms with van der Waals surface area (Å²) in [5.41, 5.74) is 1.89. The highest BCUT2D eigenvalue weighted by Crippen LogP contribution is 2.23. The molecule has 0 aromatic heterocycles. The quantitative estimate of drug-likeness (QED) is 0.562. The zero-order valence-corrected chi connectivity index (χ0v) is 13.6. The smallest absolute Gasteiger partial charge is 0.121 e. The molecule has 0 fully saturated rings. The lowest BCUT2D eigenvalue weighted by atomic mass is 10.1. The maximum atomic E-state index is 10.00. The number of phenols is 1. The van der Waals surface area contributed by atoms with Crippen molar-refractivity contribution in [1.29, 1.82) is 0 Å². The molecule has 0 spiro atoms. The lowest BCUT2D eigenvalue weighted by Crippen LogP contribution is -2.03. The average Bonchev–Trinajstić information content (AvgIpc) is 2.49. The summed E-state index contributed by atoms with van der Waals surface area (Å²) in [5, 5.41) is 10.00. The Labute approximate surface area is 129 Å². The second kappa shape index (κ2) is 11.6. The van der Waals surface area contributed by atoms with E-state index < -0.39 is 0 Å². The average molecular weight is 294 g/mol. The predicted octanol–water partition coefficient (Wildman–Crippen LogP) is 4.81. The van der Waals surface area contributed by atoms with Crippen molar-refractivity contribution in [3.63, 3.8) is 0 Å². The minimum absolute atomic E-state index is 0.306. The molecule has 0 aliphatic carbocycles. The van der Waals surface area contributed by atoms with Crippen LogP contribution in [0.4, 0.5) is 0 Å². The first-order valence-corrected chi connectivity index (χ1v) is 8.24. The number of ether oxygens (including phenoxy) is 2. The minimum Gasteiger partial charge on any atom is -0.508 e. The molecular formula is C18H30O3. The SMILES string of the molecule is CCCCCOCc1cccc(O)c1COCCCCC. The molecule has 0 unspecified atom stereocenters. The van der Waals surface area contributed by atoms with Crippen LogP contribution in [0.25, 0.3) is 0 Å². The van der Waals surface area contributed by atoms with E-state index >= 15 is 0 Å². The topological polar surface area (TPSA) is 38.7 Å². The van der Waals surface area contributed by atoms with Crippen molar-refractivity contribution in [1.82, 2.24) is 0 Å². The van der Waals surface area contributed by atoms with Gasteiger partial charge in [0.05, 0.1) is 13.2 Å². The Balaban J connectivity index is 2.41. The summed E-state index contributed by atoms with van der Waals surface area (Å²) >= 11 is 0. The molecule has 0 aliphatic heterocycles. The van der Waals surface area contributed by atoms with Crippen LogP contribution in [0, 0.1) is 0 Å². The van der Waals surface area contributed by atoms with E-state index in [0.717, 1.165) is 37.2 Å². The maximum Gasteiger partial charge on any atom is 0.121 e. The maximum absolute atomic E-state index is 10.00. The third-order valence-electron chi connectivity index (χ3n) is 3.54. The Bertz CT molecular complexity index is 377. The highest BCUT2D eigenvalue weighted by atomic mass is 16.5. The van der Waals surface area contributed by atoms with Gasteiger partial charge in [-0.25, -0.2) is 0 Å². The first kappa shape index (κ1) is 18.0. The molecule has 0 heterocycles. The molecule has 3 heteroatoms. The fourth-order valence-electron chi connectivity index (χ4n) is 2.19. The summed E-state index contributed by atoms with van der Waals surface area (Å²) in [5.74, 6) is 0.306. The highest BCUT2D eigenvalue weighted by molar-refractivity contribution is 5.38. The second-order valence-electron chi connectivity index (χ2n) is 5.43. The monoisotopic (exact) mass is 294 g/mol. The third-order valence-corrected chi connectivity index (χ3v) is 3.54. The summed E-state index contributed by atoms with van der Waals surface area (Å²) in [6.45, 7) is 6.90. The summed E-state index contributed by atoms with van der Waals surface area (Å²) in [7, 11) is 0. The lowest BCUT2D eigenvalue weighted by Gasteiger charge is -2.12. The summed E-state index contributed by atoms with van der Waals surface area (Å²) in [6.07, 6.45) is 6.95. The van der Waals surface area contributed by atoms with Crippen molar-refractivity contribution in [2.75, 3.05) is 13.2 Å². The summed E-state index contributed by atoms with van der Waals surface area (Å²) in [4.78, 5) is 0. The largest absolute Gasteiger partial charge is 0.508 e. The van der Waals surface area contributed by atoms with Crippen LogP contribution in [0.1, 0.15) is 63.5 Å². The zero-order valence-electron chi connectivity index (χ0n) is 13.6. The van der Waals surface area contributed by atoms with Gasteiger partial charge in [0, 0.05) is 18.8 Å². The van der Waals surface area contributed by atoms with Crippen molar-refractivity contribution in [3.8, 4) is 5.75 Å². The van der Waals surface area contributed by atoms with Crippen molar-refractivity contribution >= 4 is 0 Å². The molecule has 1 aromatic carbocycles. The van der Waals surface area contributed by atoms with E-state index in [1.165, 1.54) is 25.7 Å². The first-order chi connectivity index (χ1) is 10.3. The van der Waals surface area contributed by atoms with Crippen molar-refractivity contribution < 1.29 is 14.6 Å². The van der Waals surface area contributed by atoms with Crippen LogP contribution in [0.3, 0.4) is 0 Å². The zero-order chi connectivity index (χ0) is 15.3. The first-order valence-electron chi connectivity index (χ1n) is 8.24. The number of aromatic hydroxyl groups is 1. The molecule has 0 saturated carbocycles. The third kappa shape index (κ3) is 7.49. The van der Waals surface area contributed by atoms with E-state index in [2.05, 4.69) is 13.8 Å². The normalized spacial score (nSPS) is 11.0. The standard InChI is InChI=1S/C18H30O3/c1-3-5-7-12-20-14-16-10-9-11-18(19)17(16)15-21-13-8-6-4-2/h9-11,19H,3-8,12-15H2,1-2H3. The van der Waals surface area contributed by atoms with Crippen molar-refractivity contribution in [3.05, 3.63) is 29.3 Å². The summed E-state index contributed by atoms with van der Waals surface area (Å²) in [6, 6.07) is 5.58. The van der Waals surface area contributed by atoms with Gasteiger partial charge in [0.25, 0.3) is 0 Å². The van der Waals surface area contributed by atoms with E-state index in [1.54, 1.807) is 6.07 Å². The molecule has 0 aliphatic rings. The Hall–Kier alpha value is -1.06. The molecule has 0 radical (unpaired) electrons.